The maximum absolute atomic E-state index is 12.4. The number of quaternary nitrogens is 1. The summed E-state index contributed by atoms with van der Waals surface area (Å²) in [5.41, 5.74) is 0.466. The molecule has 4 rings (SSSR count). The molecule has 1 aliphatic heterocycles. The number of piperidine rings is 1. The number of hydrogen-bond donors (Lipinski definition) is 0. The lowest BCUT2D eigenvalue weighted by molar-refractivity contribution is -0.907. The topological polar surface area (TPSA) is 26.3 Å². The van der Waals surface area contributed by atoms with E-state index in [2.05, 4.69) is 27.8 Å². The Morgan fingerprint density at radius 1 is 1.19 bits per heavy atom. The van der Waals surface area contributed by atoms with Crippen LogP contribution in [-0.2, 0) is 9.53 Å². The molecule has 1 heterocycles. The summed E-state index contributed by atoms with van der Waals surface area (Å²) in [4.78, 5) is 12.4. The summed E-state index contributed by atoms with van der Waals surface area (Å²) in [5.74, 6) is 2.07. The first-order valence-electron chi connectivity index (χ1n) is 8.85. The average Bonchev–Trinajstić information content (AvgIpc) is 2.40. The predicted octanol–water partition coefficient (Wildman–Crippen LogP) is 3.23. The summed E-state index contributed by atoms with van der Waals surface area (Å²) in [6, 6.07) is 0. The highest BCUT2D eigenvalue weighted by Crippen LogP contribution is 2.61. The monoisotopic (exact) mass is 294 g/mol. The normalized spacial score (nSPS) is 40.2. The third-order valence-corrected chi connectivity index (χ3v) is 6.97. The first kappa shape index (κ1) is 15.3. The van der Waals surface area contributed by atoms with Gasteiger partial charge in [-0.15, -0.1) is 0 Å². The molecule has 0 amide bonds. The zero-order valence-corrected chi connectivity index (χ0v) is 14.2. The highest BCUT2D eigenvalue weighted by molar-refractivity contribution is 5.70. The van der Waals surface area contributed by atoms with Gasteiger partial charge in [-0.2, -0.15) is 0 Å². The van der Waals surface area contributed by atoms with Crippen LogP contribution in [0.4, 0.5) is 0 Å². The van der Waals surface area contributed by atoms with Crippen LogP contribution in [0.25, 0.3) is 0 Å². The highest BCUT2D eigenvalue weighted by Gasteiger charge is 2.57. The molecule has 0 aromatic heterocycles. The van der Waals surface area contributed by atoms with Crippen molar-refractivity contribution in [2.75, 3.05) is 26.7 Å². The molecule has 2 bridgehead atoms. The van der Waals surface area contributed by atoms with Gasteiger partial charge in [0.25, 0.3) is 0 Å². The van der Waals surface area contributed by atoms with Crippen molar-refractivity contribution >= 4 is 5.97 Å². The Morgan fingerprint density at radius 2 is 1.86 bits per heavy atom. The van der Waals surface area contributed by atoms with E-state index in [1.807, 2.05) is 0 Å². The Labute approximate surface area is 129 Å². The van der Waals surface area contributed by atoms with Gasteiger partial charge in [-0.05, 0) is 55.3 Å². The van der Waals surface area contributed by atoms with Gasteiger partial charge in [-0.3, -0.25) is 0 Å². The van der Waals surface area contributed by atoms with Gasteiger partial charge in [0.15, 0.2) is 6.54 Å². The second-order valence-corrected chi connectivity index (χ2v) is 8.77. The van der Waals surface area contributed by atoms with Crippen LogP contribution < -0.4 is 0 Å². The van der Waals surface area contributed by atoms with Gasteiger partial charge < -0.3 is 9.22 Å². The predicted molar refractivity (Wildman–Crippen MR) is 83.7 cm³/mol. The number of ether oxygens (including phenoxy) is 1. The number of likely N-dealkylation sites (tertiary alicyclic amines) is 1. The summed E-state index contributed by atoms with van der Waals surface area (Å²) >= 11 is 0. The summed E-state index contributed by atoms with van der Waals surface area (Å²) in [6.07, 6.45) is 6.42. The van der Waals surface area contributed by atoms with Gasteiger partial charge >= 0.3 is 5.97 Å². The maximum Gasteiger partial charge on any atom is 0.362 e. The smallest absolute Gasteiger partial charge is 0.362 e. The van der Waals surface area contributed by atoms with Crippen LogP contribution in [0.15, 0.2) is 0 Å². The van der Waals surface area contributed by atoms with Crippen molar-refractivity contribution in [3.05, 3.63) is 0 Å². The van der Waals surface area contributed by atoms with E-state index in [1.54, 1.807) is 0 Å². The van der Waals surface area contributed by atoms with Crippen molar-refractivity contribution in [2.45, 2.75) is 59.0 Å². The number of fused-ring (bicyclic) bond motifs is 2. The Morgan fingerprint density at radius 3 is 2.43 bits per heavy atom. The van der Waals surface area contributed by atoms with Crippen LogP contribution in [0.5, 0.6) is 0 Å². The first-order chi connectivity index (χ1) is 9.82. The van der Waals surface area contributed by atoms with E-state index in [0.717, 1.165) is 35.8 Å². The van der Waals surface area contributed by atoms with Gasteiger partial charge in [0.2, 0.25) is 0 Å². The standard InChI is InChI=1S/C18H32NO2/c1-13-15-10-14(18(15,2)3)11-16(13)21-17(20)12-19(4)8-6-5-7-9-19/h13-16H,5-12H2,1-4H3/q+1/t13-,14+,15+,16+/m0/s1. The number of hydrogen-bond acceptors (Lipinski definition) is 2. The molecule has 0 unspecified atom stereocenters. The Hall–Kier alpha value is -0.570. The first-order valence-corrected chi connectivity index (χ1v) is 8.85. The number of carbonyl (C=O) groups is 1. The number of carbonyl (C=O) groups excluding carboxylic acids is 1. The van der Waals surface area contributed by atoms with Gasteiger partial charge in [0.05, 0.1) is 20.1 Å². The second-order valence-electron chi connectivity index (χ2n) is 8.77. The lowest BCUT2D eigenvalue weighted by Crippen LogP contribution is -2.58. The van der Waals surface area contributed by atoms with Crippen LogP contribution in [0.3, 0.4) is 0 Å². The fraction of sp³-hybridized carbons (Fsp3) is 0.944. The molecule has 3 saturated carbocycles. The van der Waals surface area contributed by atoms with Gasteiger partial charge in [-0.25, -0.2) is 4.79 Å². The number of esters is 1. The lowest BCUT2D eigenvalue weighted by atomic mass is 9.45. The molecule has 0 spiro atoms. The Balaban J connectivity index is 1.54. The van der Waals surface area contributed by atoms with Crippen molar-refractivity contribution in [3.63, 3.8) is 0 Å². The van der Waals surface area contributed by atoms with E-state index in [9.17, 15) is 4.79 Å². The molecule has 3 heteroatoms. The zero-order chi connectivity index (χ0) is 15.3. The molecule has 3 aliphatic carbocycles. The van der Waals surface area contributed by atoms with Gasteiger partial charge in [0.1, 0.15) is 6.10 Å². The third-order valence-electron chi connectivity index (χ3n) is 6.97. The Bertz CT molecular complexity index is 411. The fourth-order valence-electron chi connectivity index (χ4n) is 5.21. The number of rotatable bonds is 3. The molecular weight excluding hydrogens is 262 g/mol. The minimum Gasteiger partial charge on any atom is -0.458 e. The second kappa shape index (κ2) is 5.26. The molecule has 3 nitrogen and oxygen atoms in total. The molecular formula is C18H32NO2+. The van der Waals surface area contributed by atoms with E-state index in [-0.39, 0.29) is 12.1 Å². The van der Waals surface area contributed by atoms with Crippen molar-refractivity contribution in [1.82, 2.24) is 0 Å². The maximum atomic E-state index is 12.4. The minimum absolute atomic E-state index is 0.0374. The molecule has 4 aliphatic rings. The Kier molecular flexibility index (Phi) is 3.84. The van der Waals surface area contributed by atoms with Crippen LogP contribution in [0.2, 0.25) is 0 Å². The fourth-order valence-corrected chi connectivity index (χ4v) is 5.21. The molecule has 0 aromatic rings. The molecule has 0 aromatic carbocycles. The van der Waals surface area contributed by atoms with Gasteiger partial charge in [-0.1, -0.05) is 20.8 Å². The molecule has 120 valence electrons. The van der Waals surface area contributed by atoms with Crippen molar-refractivity contribution in [1.29, 1.82) is 0 Å². The third kappa shape index (κ3) is 2.74. The molecule has 1 saturated heterocycles. The van der Waals surface area contributed by atoms with E-state index in [1.165, 1.54) is 25.7 Å². The van der Waals surface area contributed by atoms with Crippen molar-refractivity contribution in [2.24, 2.45) is 23.2 Å². The zero-order valence-electron chi connectivity index (χ0n) is 14.2. The van der Waals surface area contributed by atoms with E-state index in [4.69, 9.17) is 4.74 Å². The summed E-state index contributed by atoms with van der Waals surface area (Å²) in [5, 5.41) is 0. The molecule has 4 atom stereocenters. The van der Waals surface area contributed by atoms with E-state index < -0.39 is 0 Å². The quantitative estimate of drug-likeness (QED) is 0.590. The van der Waals surface area contributed by atoms with E-state index in [0.29, 0.717) is 17.9 Å². The van der Waals surface area contributed by atoms with Crippen molar-refractivity contribution in [3.8, 4) is 0 Å². The van der Waals surface area contributed by atoms with Gasteiger partial charge in [0, 0.05) is 0 Å². The SMILES string of the molecule is C[C@H]1[C@H]2C[C@H](C[C@H]1OC(=O)C[N+]1(C)CCCCC1)C2(C)C. The summed E-state index contributed by atoms with van der Waals surface area (Å²) in [7, 11) is 2.21. The lowest BCUT2D eigenvalue weighted by Gasteiger charge is -2.61. The van der Waals surface area contributed by atoms with Crippen LogP contribution >= 0.6 is 0 Å². The average molecular weight is 294 g/mol. The minimum atomic E-state index is 0.0374. The van der Waals surface area contributed by atoms with E-state index >= 15 is 0 Å². The summed E-state index contributed by atoms with van der Waals surface area (Å²) < 4.78 is 6.80. The largest absolute Gasteiger partial charge is 0.458 e. The molecule has 0 radical (unpaired) electrons. The number of likely N-dealkylation sites (N-methyl/N-ethyl adjacent to an activating group) is 1. The molecule has 0 N–H and O–H groups in total. The van der Waals surface area contributed by atoms with Crippen LogP contribution in [0, 0.1) is 23.2 Å². The van der Waals surface area contributed by atoms with Crippen molar-refractivity contribution < 1.29 is 14.0 Å². The summed E-state index contributed by atoms with van der Waals surface area (Å²) in [6.45, 7) is 9.90. The van der Waals surface area contributed by atoms with Crippen LogP contribution in [0.1, 0.15) is 52.9 Å². The molecule has 21 heavy (non-hydrogen) atoms. The van der Waals surface area contributed by atoms with Crippen LogP contribution in [-0.4, -0.2) is 43.2 Å². The highest BCUT2D eigenvalue weighted by atomic mass is 16.5. The molecule has 4 fully saturated rings. The number of nitrogens with zero attached hydrogens (tertiary/aromatic N) is 1.